The minimum absolute atomic E-state index is 0.0298. The van der Waals surface area contributed by atoms with E-state index in [0.717, 1.165) is 38.9 Å². The second kappa shape index (κ2) is 11.6. The highest BCUT2D eigenvalue weighted by Gasteiger charge is 2.30. The summed E-state index contributed by atoms with van der Waals surface area (Å²) in [6, 6.07) is 13.6. The first-order valence-corrected chi connectivity index (χ1v) is 12.2. The molecule has 3 atom stereocenters. The minimum atomic E-state index is -0.259. The summed E-state index contributed by atoms with van der Waals surface area (Å²) >= 11 is 0. The van der Waals surface area contributed by atoms with Gasteiger partial charge in [0.15, 0.2) is 5.78 Å². The third-order valence-corrected chi connectivity index (χ3v) is 6.85. The lowest BCUT2D eigenvalue weighted by Crippen LogP contribution is -2.51. The molecule has 6 nitrogen and oxygen atoms in total. The molecule has 4 rings (SSSR count). The number of piperidine rings is 1. The van der Waals surface area contributed by atoms with Gasteiger partial charge >= 0.3 is 6.03 Å². The highest BCUT2D eigenvalue weighted by atomic mass is 19.1. The van der Waals surface area contributed by atoms with Crippen molar-refractivity contribution in [2.24, 2.45) is 11.8 Å². The Morgan fingerprint density at radius 1 is 1.15 bits per heavy atom. The van der Waals surface area contributed by atoms with E-state index in [9.17, 15) is 14.0 Å². The number of hydrogen-bond acceptors (Lipinski definition) is 4. The molecule has 0 radical (unpaired) electrons. The number of urea groups is 1. The molecule has 2 aromatic rings. The number of anilines is 1. The monoisotopic (exact) mass is 467 g/mol. The predicted octanol–water partition coefficient (Wildman–Crippen LogP) is 4.51. The van der Waals surface area contributed by atoms with Crippen LogP contribution in [0.3, 0.4) is 0 Å². The molecule has 0 saturated carbocycles. The topological polar surface area (TPSA) is 70.7 Å². The van der Waals surface area contributed by atoms with Gasteiger partial charge in [0.1, 0.15) is 5.82 Å². The lowest BCUT2D eigenvalue weighted by Gasteiger charge is -2.39. The average Bonchev–Trinajstić information content (AvgIpc) is 2.82. The Morgan fingerprint density at radius 3 is 2.76 bits per heavy atom. The van der Waals surface area contributed by atoms with Crippen LogP contribution in [-0.2, 0) is 11.2 Å². The van der Waals surface area contributed by atoms with Crippen LogP contribution in [0.2, 0.25) is 0 Å². The van der Waals surface area contributed by atoms with Crippen molar-refractivity contribution in [2.75, 3.05) is 38.2 Å². The summed E-state index contributed by atoms with van der Waals surface area (Å²) in [5, 5.41) is 6.00. The summed E-state index contributed by atoms with van der Waals surface area (Å²) < 4.78 is 19.0. The third-order valence-electron chi connectivity index (χ3n) is 6.85. The molecule has 34 heavy (non-hydrogen) atoms. The smallest absolute Gasteiger partial charge is 0.319 e. The Kier molecular flexibility index (Phi) is 8.29. The van der Waals surface area contributed by atoms with Crippen molar-refractivity contribution in [3.8, 4) is 0 Å². The summed E-state index contributed by atoms with van der Waals surface area (Å²) in [6.45, 7) is 5.71. The quantitative estimate of drug-likeness (QED) is 0.588. The molecule has 2 heterocycles. The van der Waals surface area contributed by atoms with Gasteiger partial charge < -0.3 is 20.3 Å². The van der Waals surface area contributed by atoms with Crippen molar-refractivity contribution in [1.82, 2.24) is 10.2 Å². The van der Waals surface area contributed by atoms with Gasteiger partial charge in [-0.2, -0.15) is 0 Å². The van der Waals surface area contributed by atoms with Crippen molar-refractivity contribution >= 4 is 17.5 Å². The zero-order valence-corrected chi connectivity index (χ0v) is 19.8. The summed E-state index contributed by atoms with van der Waals surface area (Å²) in [5.74, 6) is 0.535. The van der Waals surface area contributed by atoms with Gasteiger partial charge in [-0.1, -0.05) is 24.3 Å². The maximum absolute atomic E-state index is 13.2. The fourth-order valence-electron chi connectivity index (χ4n) is 5.09. The number of amides is 2. The third kappa shape index (κ3) is 6.87. The van der Waals surface area contributed by atoms with E-state index in [1.165, 1.54) is 31.0 Å². The number of carbonyl (C=O) groups is 2. The fourth-order valence-corrected chi connectivity index (χ4v) is 5.09. The number of nitrogens with zero attached hydrogens (tertiary/aromatic N) is 1. The molecule has 182 valence electrons. The Balaban J connectivity index is 1.30. The number of hydrogen-bond donors (Lipinski definition) is 2. The Bertz CT molecular complexity index is 981. The van der Waals surface area contributed by atoms with Crippen LogP contribution in [0.25, 0.3) is 0 Å². The summed E-state index contributed by atoms with van der Waals surface area (Å²) in [6.07, 6.45) is 4.06. The van der Waals surface area contributed by atoms with Crippen LogP contribution in [0.4, 0.5) is 14.9 Å². The van der Waals surface area contributed by atoms with Crippen LogP contribution >= 0.6 is 0 Å². The van der Waals surface area contributed by atoms with Crippen LogP contribution in [0.1, 0.15) is 42.1 Å². The largest absolute Gasteiger partial charge is 0.381 e. The van der Waals surface area contributed by atoms with E-state index in [-0.39, 0.29) is 29.6 Å². The number of nitrogens with one attached hydrogen (secondary N) is 2. The zero-order chi connectivity index (χ0) is 23.9. The van der Waals surface area contributed by atoms with Gasteiger partial charge in [-0.25, -0.2) is 9.18 Å². The Morgan fingerprint density at radius 2 is 1.97 bits per heavy atom. The van der Waals surface area contributed by atoms with E-state index in [0.29, 0.717) is 30.4 Å². The lowest BCUT2D eigenvalue weighted by atomic mass is 9.89. The fraction of sp³-hybridized carbons (Fsp3) is 0.481. The van der Waals surface area contributed by atoms with E-state index in [1.54, 1.807) is 24.3 Å². The first-order valence-electron chi connectivity index (χ1n) is 12.2. The number of ketones is 1. The minimum Gasteiger partial charge on any atom is -0.381 e. The van der Waals surface area contributed by atoms with E-state index in [1.807, 2.05) is 12.1 Å². The predicted molar refractivity (Wildman–Crippen MR) is 131 cm³/mol. The van der Waals surface area contributed by atoms with Crippen LogP contribution in [0.15, 0.2) is 48.5 Å². The number of halogens is 1. The molecule has 0 aromatic heterocycles. The molecular weight excluding hydrogens is 433 g/mol. The Hall–Kier alpha value is -2.77. The number of benzene rings is 2. The molecule has 3 unspecified atom stereocenters. The van der Waals surface area contributed by atoms with Gasteiger partial charge in [0.05, 0.1) is 6.61 Å². The lowest BCUT2D eigenvalue weighted by molar-refractivity contribution is 0.0134. The Labute approximate surface area is 200 Å². The molecule has 2 N–H and O–H groups in total. The molecule has 2 aromatic carbocycles. The number of ether oxygens (including phenoxy) is 1. The molecular formula is C27H34FN3O3. The number of rotatable bonds is 7. The molecule has 0 bridgehead atoms. The van der Waals surface area contributed by atoms with Gasteiger partial charge in [-0.15, -0.1) is 0 Å². The van der Waals surface area contributed by atoms with Gasteiger partial charge in [-0.3, -0.25) is 4.79 Å². The van der Waals surface area contributed by atoms with E-state index in [4.69, 9.17) is 4.74 Å². The maximum Gasteiger partial charge on any atom is 0.319 e. The average molecular weight is 468 g/mol. The molecule has 2 saturated heterocycles. The standard InChI is InChI=1S/C27H34FN3O3/c1-19(32)22-5-2-6-25(15-22)29-27(33)30-26-11-13-34-18-23(26)17-31-12-3-4-21(16-31)14-20-7-9-24(28)10-8-20/h2,5-10,15,21,23,26H,3-4,11-14,16-18H2,1H3,(H2,29,30,33). The van der Waals surface area contributed by atoms with Crippen LogP contribution in [-0.4, -0.2) is 55.6 Å². The van der Waals surface area contributed by atoms with E-state index >= 15 is 0 Å². The molecule has 2 aliphatic heterocycles. The van der Waals surface area contributed by atoms with Gasteiger partial charge in [0, 0.05) is 42.9 Å². The second-order valence-corrected chi connectivity index (χ2v) is 9.56. The summed E-state index contributed by atoms with van der Waals surface area (Å²) in [4.78, 5) is 26.8. The normalized spacial score (nSPS) is 23.3. The number of Topliss-reactive ketones (excluding diaryl/α,β-unsaturated/α-hetero) is 1. The van der Waals surface area contributed by atoms with Crippen LogP contribution < -0.4 is 10.6 Å². The highest BCUT2D eigenvalue weighted by Crippen LogP contribution is 2.24. The first kappa shape index (κ1) is 24.4. The van der Waals surface area contributed by atoms with Crippen LogP contribution in [0, 0.1) is 17.7 Å². The number of carbonyl (C=O) groups excluding carboxylic acids is 2. The number of likely N-dealkylation sites (tertiary alicyclic amines) is 1. The van der Waals surface area contributed by atoms with Gasteiger partial charge in [0.2, 0.25) is 0 Å². The van der Waals surface area contributed by atoms with E-state index < -0.39 is 0 Å². The van der Waals surface area contributed by atoms with Crippen LogP contribution in [0.5, 0.6) is 0 Å². The first-order chi connectivity index (χ1) is 16.5. The maximum atomic E-state index is 13.2. The van der Waals surface area contributed by atoms with Crippen molar-refractivity contribution in [3.63, 3.8) is 0 Å². The summed E-state index contributed by atoms with van der Waals surface area (Å²) in [5.41, 5.74) is 2.36. The molecule has 2 amide bonds. The molecule has 7 heteroatoms. The van der Waals surface area contributed by atoms with Crippen molar-refractivity contribution in [2.45, 2.75) is 38.6 Å². The van der Waals surface area contributed by atoms with Crippen molar-refractivity contribution < 1.29 is 18.7 Å². The zero-order valence-electron chi connectivity index (χ0n) is 19.8. The second-order valence-electron chi connectivity index (χ2n) is 9.56. The van der Waals surface area contributed by atoms with E-state index in [2.05, 4.69) is 15.5 Å². The summed E-state index contributed by atoms with van der Waals surface area (Å²) in [7, 11) is 0. The van der Waals surface area contributed by atoms with Gasteiger partial charge in [-0.05, 0) is 74.9 Å². The van der Waals surface area contributed by atoms with Gasteiger partial charge in [0.25, 0.3) is 0 Å². The molecule has 2 fully saturated rings. The molecule has 0 spiro atoms. The van der Waals surface area contributed by atoms with Crippen molar-refractivity contribution in [1.29, 1.82) is 0 Å². The highest BCUT2D eigenvalue weighted by molar-refractivity contribution is 5.96. The SMILES string of the molecule is CC(=O)c1cccc(NC(=O)NC2CCOCC2CN2CCCC(Cc3ccc(F)cc3)C2)c1. The molecule has 2 aliphatic rings. The van der Waals surface area contributed by atoms with Crippen molar-refractivity contribution in [3.05, 3.63) is 65.5 Å². The molecule has 0 aliphatic carbocycles.